The van der Waals surface area contributed by atoms with E-state index in [1.807, 2.05) is 33.8 Å². The lowest BCUT2D eigenvalue weighted by Crippen LogP contribution is -2.37. The summed E-state index contributed by atoms with van der Waals surface area (Å²) in [7, 11) is 1.33. The number of anilines is 1. The molecule has 0 unspecified atom stereocenters. The van der Waals surface area contributed by atoms with Crippen LogP contribution in [0, 0.1) is 6.92 Å². The second-order valence-electron chi connectivity index (χ2n) is 3.44. The molecule has 1 atom stereocenters. The van der Waals surface area contributed by atoms with Crippen LogP contribution in [0.3, 0.4) is 0 Å². The highest BCUT2D eigenvalue weighted by atomic mass is 16.5. The van der Waals surface area contributed by atoms with Gasteiger partial charge in [-0.3, -0.25) is 0 Å². The molecule has 0 saturated heterocycles. The first-order chi connectivity index (χ1) is 8.61. The summed E-state index contributed by atoms with van der Waals surface area (Å²) in [5.41, 5.74) is 0.895. The van der Waals surface area contributed by atoms with Gasteiger partial charge in [0, 0.05) is 24.5 Å². The van der Waals surface area contributed by atoms with Crippen molar-refractivity contribution in [3.8, 4) is 0 Å². The summed E-state index contributed by atoms with van der Waals surface area (Å²) in [5.74, 6) is 0.554. The van der Waals surface area contributed by atoms with E-state index in [0.29, 0.717) is 12.5 Å². The maximum absolute atomic E-state index is 10.9. The Morgan fingerprint density at radius 2 is 2.17 bits per heavy atom. The minimum Gasteiger partial charge on any atom is -0.453 e. The first-order valence-corrected chi connectivity index (χ1v) is 6.00. The SMILES string of the molecule is CC.COC(=O)N[C@H](C)CNc1nccc(C)n1. The van der Waals surface area contributed by atoms with Gasteiger partial charge in [-0.15, -0.1) is 0 Å². The van der Waals surface area contributed by atoms with Crippen LogP contribution in [0.2, 0.25) is 0 Å². The fraction of sp³-hybridized carbons (Fsp3) is 0.583. The van der Waals surface area contributed by atoms with Gasteiger partial charge in [-0.05, 0) is 19.9 Å². The number of rotatable bonds is 4. The minimum atomic E-state index is -0.445. The molecule has 0 fully saturated rings. The van der Waals surface area contributed by atoms with E-state index in [4.69, 9.17) is 0 Å². The average Bonchev–Trinajstić information content (AvgIpc) is 2.38. The molecule has 1 rings (SSSR count). The molecule has 1 amide bonds. The van der Waals surface area contributed by atoms with Gasteiger partial charge in [0.25, 0.3) is 0 Å². The van der Waals surface area contributed by atoms with E-state index < -0.39 is 6.09 Å². The Morgan fingerprint density at radius 3 is 2.72 bits per heavy atom. The van der Waals surface area contributed by atoms with Crippen LogP contribution in [0.15, 0.2) is 12.3 Å². The summed E-state index contributed by atoms with van der Waals surface area (Å²) in [5, 5.41) is 5.66. The van der Waals surface area contributed by atoms with Crippen molar-refractivity contribution >= 4 is 12.0 Å². The molecule has 0 bridgehead atoms. The maximum Gasteiger partial charge on any atom is 0.407 e. The van der Waals surface area contributed by atoms with Crippen LogP contribution in [-0.2, 0) is 4.74 Å². The fourth-order valence-electron chi connectivity index (χ4n) is 1.09. The van der Waals surface area contributed by atoms with Crippen LogP contribution >= 0.6 is 0 Å². The molecular weight excluding hydrogens is 232 g/mol. The van der Waals surface area contributed by atoms with Crippen LogP contribution < -0.4 is 10.6 Å². The second-order valence-corrected chi connectivity index (χ2v) is 3.44. The Morgan fingerprint density at radius 1 is 1.50 bits per heavy atom. The number of amides is 1. The van der Waals surface area contributed by atoms with Gasteiger partial charge in [0.15, 0.2) is 0 Å². The Labute approximate surface area is 108 Å². The van der Waals surface area contributed by atoms with E-state index in [1.165, 1.54) is 7.11 Å². The zero-order valence-corrected chi connectivity index (χ0v) is 11.7. The van der Waals surface area contributed by atoms with Crippen LogP contribution in [0.5, 0.6) is 0 Å². The molecule has 0 spiro atoms. The van der Waals surface area contributed by atoms with Gasteiger partial charge >= 0.3 is 6.09 Å². The van der Waals surface area contributed by atoms with Gasteiger partial charge in [-0.1, -0.05) is 13.8 Å². The third-order valence-corrected chi connectivity index (χ3v) is 1.91. The Bertz CT molecular complexity index is 358. The fourth-order valence-corrected chi connectivity index (χ4v) is 1.09. The van der Waals surface area contributed by atoms with Gasteiger partial charge in [0.1, 0.15) is 0 Å². The van der Waals surface area contributed by atoms with E-state index in [9.17, 15) is 4.79 Å². The third-order valence-electron chi connectivity index (χ3n) is 1.91. The lowest BCUT2D eigenvalue weighted by atomic mass is 10.3. The highest BCUT2D eigenvalue weighted by Crippen LogP contribution is 1.98. The number of methoxy groups -OCH3 is 1. The monoisotopic (exact) mass is 254 g/mol. The van der Waals surface area contributed by atoms with Crippen molar-refractivity contribution in [3.63, 3.8) is 0 Å². The van der Waals surface area contributed by atoms with Crippen molar-refractivity contribution in [3.05, 3.63) is 18.0 Å². The normalized spacial score (nSPS) is 10.7. The van der Waals surface area contributed by atoms with Gasteiger partial charge in [-0.2, -0.15) is 0 Å². The standard InChI is InChI=1S/C10H16N4O2.C2H6/c1-7-4-5-11-9(13-7)12-6-8(2)14-10(15)16-3;1-2/h4-5,8H,6H2,1-3H3,(H,14,15)(H,11,12,13);1-2H3/t8-;/m1./s1. The molecule has 6 nitrogen and oxygen atoms in total. The molecule has 6 heteroatoms. The first-order valence-electron chi connectivity index (χ1n) is 6.00. The predicted molar refractivity (Wildman–Crippen MR) is 71.6 cm³/mol. The average molecular weight is 254 g/mol. The van der Waals surface area contributed by atoms with E-state index in [1.54, 1.807) is 6.20 Å². The van der Waals surface area contributed by atoms with E-state index in [2.05, 4.69) is 25.3 Å². The van der Waals surface area contributed by atoms with Gasteiger partial charge < -0.3 is 15.4 Å². The number of alkyl carbamates (subject to hydrolysis) is 1. The largest absolute Gasteiger partial charge is 0.453 e. The minimum absolute atomic E-state index is 0.0587. The van der Waals surface area contributed by atoms with Crippen molar-refractivity contribution in [1.82, 2.24) is 15.3 Å². The molecule has 0 aliphatic rings. The Kier molecular flexibility index (Phi) is 8.26. The van der Waals surface area contributed by atoms with Gasteiger partial charge in [-0.25, -0.2) is 14.8 Å². The van der Waals surface area contributed by atoms with Crippen molar-refractivity contribution in [2.45, 2.75) is 33.7 Å². The van der Waals surface area contributed by atoms with Crippen LogP contribution in [0.25, 0.3) is 0 Å². The molecule has 0 aliphatic heterocycles. The number of hydrogen-bond acceptors (Lipinski definition) is 5. The molecule has 0 radical (unpaired) electrons. The highest BCUT2D eigenvalue weighted by Gasteiger charge is 2.06. The summed E-state index contributed by atoms with van der Waals surface area (Å²) >= 11 is 0. The summed E-state index contributed by atoms with van der Waals surface area (Å²) in [6.45, 7) is 8.29. The molecular formula is C12H22N4O2. The second kappa shape index (κ2) is 9.21. The summed E-state index contributed by atoms with van der Waals surface area (Å²) in [6, 6.07) is 1.76. The Balaban J connectivity index is 0.00000137. The number of nitrogens with zero attached hydrogens (tertiary/aromatic N) is 2. The number of carbonyl (C=O) groups is 1. The molecule has 1 aromatic heterocycles. The van der Waals surface area contributed by atoms with E-state index >= 15 is 0 Å². The predicted octanol–water partition coefficient (Wildman–Crippen LogP) is 1.97. The number of carbonyl (C=O) groups excluding carboxylic acids is 1. The molecule has 0 aliphatic carbocycles. The molecule has 0 aromatic carbocycles. The number of nitrogens with one attached hydrogen (secondary N) is 2. The number of aromatic nitrogens is 2. The summed E-state index contributed by atoms with van der Waals surface area (Å²) in [4.78, 5) is 19.1. The van der Waals surface area contributed by atoms with Crippen molar-refractivity contribution in [2.75, 3.05) is 19.0 Å². The van der Waals surface area contributed by atoms with Crippen LogP contribution in [0.1, 0.15) is 26.5 Å². The molecule has 1 aromatic rings. The van der Waals surface area contributed by atoms with Gasteiger partial charge in [0.05, 0.1) is 7.11 Å². The topological polar surface area (TPSA) is 76.1 Å². The lowest BCUT2D eigenvalue weighted by Gasteiger charge is -2.13. The van der Waals surface area contributed by atoms with Crippen molar-refractivity contribution in [1.29, 1.82) is 0 Å². The highest BCUT2D eigenvalue weighted by molar-refractivity contribution is 5.67. The zero-order valence-electron chi connectivity index (χ0n) is 11.7. The van der Waals surface area contributed by atoms with Crippen LogP contribution in [-0.4, -0.2) is 35.8 Å². The van der Waals surface area contributed by atoms with Crippen molar-refractivity contribution < 1.29 is 9.53 Å². The van der Waals surface area contributed by atoms with E-state index in [0.717, 1.165) is 5.69 Å². The smallest absolute Gasteiger partial charge is 0.407 e. The molecule has 0 saturated carbocycles. The number of ether oxygens (including phenoxy) is 1. The number of aryl methyl sites for hydroxylation is 1. The molecule has 1 heterocycles. The molecule has 2 N–H and O–H groups in total. The number of hydrogen-bond donors (Lipinski definition) is 2. The quantitative estimate of drug-likeness (QED) is 0.859. The van der Waals surface area contributed by atoms with E-state index in [-0.39, 0.29) is 6.04 Å². The van der Waals surface area contributed by atoms with Crippen molar-refractivity contribution in [2.24, 2.45) is 0 Å². The molecule has 18 heavy (non-hydrogen) atoms. The van der Waals surface area contributed by atoms with Gasteiger partial charge in [0.2, 0.25) is 5.95 Å². The van der Waals surface area contributed by atoms with Crippen LogP contribution in [0.4, 0.5) is 10.7 Å². The lowest BCUT2D eigenvalue weighted by molar-refractivity contribution is 0.168. The third kappa shape index (κ3) is 6.67. The zero-order chi connectivity index (χ0) is 14.0. The first kappa shape index (κ1) is 16.1. The summed E-state index contributed by atoms with van der Waals surface area (Å²) < 4.78 is 4.48. The maximum atomic E-state index is 10.9. The summed E-state index contributed by atoms with van der Waals surface area (Å²) in [6.07, 6.45) is 1.24. The Hall–Kier alpha value is -1.85. The molecule has 102 valence electrons.